The van der Waals surface area contributed by atoms with Gasteiger partial charge >= 0.3 is 5.69 Å². The van der Waals surface area contributed by atoms with Crippen LogP contribution in [0.5, 0.6) is 0 Å². The lowest BCUT2D eigenvalue weighted by atomic mass is 10.2. The summed E-state index contributed by atoms with van der Waals surface area (Å²) in [6.07, 6.45) is 0. The number of nitrogens with one attached hydrogen (secondary N) is 1. The summed E-state index contributed by atoms with van der Waals surface area (Å²) in [7, 11) is -4.07. The van der Waals surface area contributed by atoms with E-state index in [9.17, 15) is 23.1 Å². The number of aliphatic hydroxyl groups is 1. The minimum atomic E-state index is -4.07. The second-order valence-corrected chi connectivity index (χ2v) is 8.61. The van der Waals surface area contributed by atoms with Gasteiger partial charge in [-0.1, -0.05) is 36.4 Å². The first-order valence-electron chi connectivity index (χ1n) is 9.46. The topological polar surface area (TPSA) is 112 Å². The van der Waals surface area contributed by atoms with Gasteiger partial charge in [-0.05, 0) is 42.5 Å². The Bertz CT molecular complexity index is 1460. The molecule has 0 amide bonds. The molecule has 0 atom stereocenters. The maximum absolute atomic E-state index is 13.3. The highest BCUT2D eigenvalue weighted by Crippen LogP contribution is 2.24. The van der Waals surface area contributed by atoms with Crippen LogP contribution in [-0.2, 0) is 10.0 Å². The van der Waals surface area contributed by atoms with Gasteiger partial charge in [0.2, 0.25) is 0 Å². The number of aliphatic hydroxyl groups excluding tert-OH is 1. The summed E-state index contributed by atoms with van der Waals surface area (Å²) in [6, 6.07) is 20.6. The van der Waals surface area contributed by atoms with Crippen LogP contribution in [0.15, 0.2) is 93.3 Å². The average Bonchev–Trinajstić information content (AvgIpc) is 2.78. The van der Waals surface area contributed by atoms with Crippen molar-refractivity contribution >= 4 is 26.6 Å². The standard InChI is InChI=1S/C22H19N3O5S/c26-14-13-24(16-7-2-1-3-8-16)31(29,30)18-10-6-9-17(15-18)25-21(27)19-11-4-5-12-20(19)23-22(25)28/h1-12,15,26H,13-14H2,(H,23,28). The maximum atomic E-state index is 13.3. The lowest BCUT2D eigenvalue weighted by Gasteiger charge is -2.24. The fourth-order valence-electron chi connectivity index (χ4n) is 3.38. The molecule has 0 unspecified atom stereocenters. The van der Waals surface area contributed by atoms with Gasteiger partial charge in [-0.25, -0.2) is 17.8 Å². The summed E-state index contributed by atoms with van der Waals surface area (Å²) in [5.74, 6) is 0. The van der Waals surface area contributed by atoms with E-state index in [0.717, 1.165) is 8.87 Å². The quantitative estimate of drug-likeness (QED) is 0.478. The third-order valence-electron chi connectivity index (χ3n) is 4.82. The summed E-state index contributed by atoms with van der Waals surface area (Å²) < 4.78 is 28.6. The molecule has 4 rings (SSSR count). The molecule has 31 heavy (non-hydrogen) atoms. The molecular weight excluding hydrogens is 418 g/mol. The normalized spacial score (nSPS) is 11.5. The van der Waals surface area contributed by atoms with E-state index < -0.39 is 21.3 Å². The summed E-state index contributed by atoms with van der Waals surface area (Å²) in [5.41, 5.74) is -0.314. The Labute approximate surface area is 177 Å². The number of sulfonamides is 1. The smallest absolute Gasteiger partial charge is 0.333 e. The molecule has 0 aliphatic heterocycles. The fourth-order valence-corrected chi connectivity index (χ4v) is 4.88. The van der Waals surface area contributed by atoms with Crippen molar-refractivity contribution in [1.82, 2.24) is 9.55 Å². The molecule has 0 saturated carbocycles. The minimum absolute atomic E-state index is 0.109. The number of nitrogens with zero attached hydrogens (tertiary/aromatic N) is 2. The van der Waals surface area contributed by atoms with Gasteiger partial charge in [0.25, 0.3) is 15.6 Å². The molecular formula is C22H19N3O5S. The molecule has 0 aliphatic carbocycles. The van der Waals surface area contributed by atoms with Gasteiger partial charge in [-0.15, -0.1) is 0 Å². The Morgan fingerprint density at radius 2 is 1.61 bits per heavy atom. The minimum Gasteiger partial charge on any atom is -0.394 e. The maximum Gasteiger partial charge on any atom is 0.333 e. The van der Waals surface area contributed by atoms with E-state index in [1.54, 1.807) is 54.6 Å². The van der Waals surface area contributed by atoms with Crippen LogP contribution in [0.2, 0.25) is 0 Å². The number of aromatic amines is 1. The number of benzene rings is 3. The average molecular weight is 437 g/mol. The van der Waals surface area contributed by atoms with Crippen LogP contribution in [0.3, 0.4) is 0 Å². The molecule has 0 bridgehead atoms. The van der Waals surface area contributed by atoms with E-state index in [0.29, 0.717) is 16.6 Å². The van der Waals surface area contributed by atoms with Gasteiger partial charge in [0, 0.05) is 0 Å². The number of aromatic nitrogens is 2. The fraction of sp³-hybridized carbons (Fsp3) is 0.0909. The zero-order valence-corrected chi connectivity index (χ0v) is 17.1. The number of anilines is 1. The predicted octanol–water partition coefficient (Wildman–Crippen LogP) is 1.87. The van der Waals surface area contributed by atoms with Crippen LogP contribution in [0.1, 0.15) is 0 Å². The third kappa shape index (κ3) is 3.76. The Morgan fingerprint density at radius 1 is 0.903 bits per heavy atom. The largest absolute Gasteiger partial charge is 0.394 e. The van der Waals surface area contributed by atoms with Crippen molar-refractivity contribution in [2.75, 3.05) is 17.5 Å². The van der Waals surface area contributed by atoms with Crippen LogP contribution in [0, 0.1) is 0 Å². The number of para-hydroxylation sites is 2. The van der Waals surface area contributed by atoms with Crippen LogP contribution in [0.25, 0.3) is 16.6 Å². The lowest BCUT2D eigenvalue weighted by molar-refractivity contribution is 0.306. The first kappa shape index (κ1) is 20.6. The number of fused-ring (bicyclic) bond motifs is 1. The van der Waals surface area contributed by atoms with E-state index in [-0.39, 0.29) is 23.7 Å². The van der Waals surface area contributed by atoms with Gasteiger partial charge in [0.05, 0.1) is 40.3 Å². The highest BCUT2D eigenvalue weighted by Gasteiger charge is 2.25. The van der Waals surface area contributed by atoms with Crippen LogP contribution >= 0.6 is 0 Å². The highest BCUT2D eigenvalue weighted by molar-refractivity contribution is 7.92. The molecule has 0 aliphatic rings. The van der Waals surface area contributed by atoms with Crippen molar-refractivity contribution in [3.8, 4) is 5.69 Å². The van der Waals surface area contributed by atoms with Gasteiger partial charge in [0.1, 0.15) is 0 Å². The molecule has 0 fully saturated rings. The molecule has 1 aromatic heterocycles. The Morgan fingerprint density at radius 3 is 2.35 bits per heavy atom. The van der Waals surface area contributed by atoms with Crippen molar-refractivity contribution in [2.24, 2.45) is 0 Å². The van der Waals surface area contributed by atoms with E-state index in [1.807, 2.05) is 0 Å². The Kier molecular flexibility index (Phi) is 5.45. The monoisotopic (exact) mass is 437 g/mol. The first-order chi connectivity index (χ1) is 14.9. The molecule has 8 nitrogen and oxygen atoms in total. The zero-order chi connectivity index (χ0) is 22.0. The number of H-pyrrole nitrogens is 1. The van der Waals surface area contributed by atoms with Gasteiger partial charge < -0.3 is 10.1 Å². The first-order valence-corrected chi connectivity index (χ1v) is 10.9. The van der Waals surface area contributed by atoms with Gasteiger partial charge in [0.15, 0.2) is 0 Å². The summed E-state index contributed by atoms with van der Waals surface area (Å²) >= 11 is 0. The SMILES string of the molecule is O=c1[nH]c2ccccc2c(=O)n1-c1cccc(S(=O)(=O)N(CCO)c2ccccc2)c1. The second kappa shape index (κ2) is 8.21. The summed E-state index contributed by atoms with van der Waals surface area (Å²) in [6.45, 7) is -0.523. The van der Waals surface area contributed by atoms with Crippen molar-refractivity contribution in [2.45, 2.75) is 4.90 Å². The molecule has 0 saturated heterocycles. The van der Waals surface area contributed by atoms with E-state index >= 15 is 0 Å². The van der Waals surface area contributed by atoms with E-state index in [1.165, 1.54) is 24.3 Å². The van der Waals surface area contributed by atoms with Crippen molar-refractivity contribution in [3.05, 3.63) is 99.7 Å². The van der Waals surface area contributed by atoms with Gasteiger partial charge in [-0.2, -0.15) is 0 Å². The van der Waals surface area contributed by atoms with Crippen molar-refractivity contribution < 1.29 is 13.5 Å². The Balaban J connectivity index is 1.87. The molecule has 158 valence electrons. The van der Waals surface area contributed by atoms with Crippen LogP contribution < -0.4 is 15.6 Å². The van der Waals surface area contributed by atoms with Gasteiger partial charge in [-0.3, -0.25) is 9.10 Å². The predicted molar refractivity (Wildman–Crippen MR) is 118 cm³/mol. The van der Waals surface area contributed by atoms with E-state index in [2.05, 4.69) is 4.98 Å². The number of hydrogen-bond acceptors (Lipinski definition) is 5. The molecule has 4 aromatic rings. The Hall–Kier alpha value is -3.69. The molecule has 2 N–H and O–H groups in total. The third-order valence-corrected chi connectivity index (χ3v) is 6.64. The molecule has 0 radical (unpaired) electrons. The van der Waals surface area contributed by atoms with E-state index in [4.69, 9.17) is 0 Å². The summed E-state index contributed by atoms with van der Waals surface area (Å²) in [4.78, 5) is 28.0. The van der Waals surface area contributed by atoms with Crippen molar-refractivity contribution in [3.63, 3.8) is 0 Å². The van der Waals surface area contributed by atoms with Crippen LogP contribution in [-0.4, -0.2) is 36.2 Å². The van der Waals surface area contributed by atoms with Crippen molar-refractivity contribution in [1.29, 1.82) is 0 Å². The van der Waals surface area contributed by atoms with Crippen LogP contribution in [0.4, 0.5) is 5.69 Å². The molecule has 3 aromatic carbocycles. The molecule has 1 heterocycles. The summed E-state index contributed by atoms with van der Waals surface area (Å²) in [5, 5.41) is 9.72. The number of hydrogen-bond donors (Lipinski definition) is 2. The highest BCUT2D eigenvalue weighted by atomic mass is 32.2. The second-order valence-electron chi connectivity index (χ2n) is 6.75. The molecule has 0 spiro atoms. The molecule has 9 heteroatoms. The zero-order valence-electron chi connectivity index (χ0n) is 16.3. The number of rotatable bonds is 6. The lowest BCUT2D eigenvalue weighted by Crippen LogP contribution is -2.35.